The van der Waals surface area contributed by atoms with Gasteiger partial charge < -0.3 is 4.90 Å². The maximum Gasteiger partial charge on any atom is 0.237 e. The lowest BCUT2D eigenvalue weighted by molar-refractivity contribution is -0.136. The number of amides is 2. The van der Waals surface area contributed by atoms with Gasteiger partial charge in [0.2, 0.25) is 11.8 Å². The first-order chi connectivity index (χ1) is 9.60. The Morgan fingerprint density at radius 2 is 1.90 bits per heavy atom. The number of carbonyl (C=O) groups excluding carboxylic acids is 2. The van der Waals surface area contributed by atoms with E-state index in [9.17, 15) is 9.59 Å². The van der Waals surface area contributed by atoms with E-state index >= 15 is 0 Å². The van der Waals surface area contributed by atoms with Crippen molar-refractivity contribution in [3.63, 3.8) is 0 Å². The third-order valence-electron chi connectivity index (χ3n) is 4.46. The van der Waals surface area contributed by atoms with Gasteiger partial charge in [-0.25, -0.2) is 5.84 Å². The third-order valence-corrected chi connectivity index (χ3v) is 4.46. The van der Waals surface area contributed by atoms with E-state index in [0.717, 1.165) is 13.1 Å². The fourth-order valence-corrected chi connectivity index (χ4v) is 3.23. The van der Waals surface area contributed by atoms with Crippen LogP contribution in [0.1, 0.15) is 32.6 Å². The topological polar surface area (TPSA) is 78.7 Å². The second-order valence-corrected chi connectivity index (χ2v) is 6.15. The van der Waals surface area contributed by atoms with Crippen LogP contribution < -0.4 is 11.3 Å². The fourth-order valence-electron chi connectivity index (χ4n) is 3.23. The number of hydrazine groups is 1. The summed E-state index contributed by atoms with van der Waals surface area (Å²) in [5.74, 6) is 5.89. The molecule has 2 saturated heterocycles. The first kappa shape index (κ1) is 15.3. The van der Waals surface area contributed by atoms with Crippen LogP contribution in [0.25, 0.3) is 0 Å². The molecule has 114 valence electrons. The Balaban J connectivity index is 1.75. The van der Waals surface area contributed by atoms with Crippen LogP contribution in [0.15, 0.2) is 0 Å². The molecule has 2 fully saturated rings. The lowest BCUT2D eigenvalue weighted by Crippen LogP contribution is -2.48. The van der Waals surface area contributed by atoms with Crippen molar-refractivity contribution in [1.82, 2.24) is 15.2 Å². The highest BCUT2D eigenvalue weighted by molar-refractivity contribution is 5.80. The molecule has 0 radical (unpaired) electrons. The van der Waals surface area contributed by atoms with Crippen molar-refractivity contribution in [1.29, 1.82) is 0 Å². The van der Waals surface area contributed by atoms with E-state index in [2.05, 4.69) is 17.2 Å². The molecular formula is C14H26N4O2. The van der Waals surface area contributed by atoms with Crippen LogP contribution in [0.2, 0.25) is 0 Å². The van der Waals surface area contributed by atoms with Gasteiger partial charge in [0.25, 0.3) is 0 Å². The molecule has 2 rings (SSSR count). The van der Waals surface area contributed by atoms with Crippen molar-refractivity contribution < 1.29 is 9.59 Å². The monoisotopic (exact) mass is 282 g/mol. The van der Waals surface area contributed by atoms with Crippen LogP contribution in [-0.4, -0.2) is 54.3 Å². The molecular weight excluding hydrogens is 256 g/mol. The number of nitrogens with zero attached hydrogens (tertiary/aromatic N) is 2. The summed E-state index contributed by atoms with van der Waals surface area (Å²) in [7, 11) is 0. The van der Waals surface area contributed by atoms with Gasteiger partial charge in [-0.15, -0.1) is 0 Å². The van der Waals surface area contributed by atoms with Crippen molar-refractivity contribution in [2.45, 2.75) is 32.6 Å². The molecule has 0 spiro atoms. The minimum absolute atomic E-state index is 0.0425. The average molecular weight is 282 g/mol. The summed E-state index contributed by atoms with van der Waals surface area (Å²) in [6, 6.07) is 0. The van der Waals surface area contributed by atoms with Gasteiger partial charge in [0.05, 0.1) is 6.54 Å². The number of rotatable bonds is 3. The van der Waals surface area contributed by atoms with Gasteiger partial charge in [-0.1, -0.05) is 6.92 Å². The molecule has 2 amide bonds. The van der Waals surface area contributed by atoms with Crippen molar-refractivity contribution >= 4 is 11.8 Å². The van der Waals surface area contributed by atoms with Gasteiger partial charge in [-0.3, -0.25) is 19.9 Å². The molecule has 0 saturated carbocycles. The first-order valence-electron chi connectivity index (χ1n) is 7.60. The molecule has 2 aliphatic heterocycles. The Morgan fingerprint density at radius 3 is 2.50 bits per heavy atom. The zero-order valence-corrected chi connectivity index (χ0v) is 12.3. The molecule has 2 aliphatic rings. The molecule has 1 unspecified atom stereocenters. The Labute approximate surface area is 120 Å². The zero-order valence-electron chi connectivity index (χ0n) is 12.3. The summed E-state index contributed by atoms with van der Waals surface area (Å²) >= 11 is 0. The molecule has 1 atom stereocenters. The second-order valence-electron chi connectivity index (χ2n) is 6.15. The number of carbonyl (C=O) groups is 2. The Bertz CT molecular complexity index is 353. The van der Waals surface area contributed by atoms with Crippen LogP contribution in [0, 0.1) is 11.8 Å². The lowest BCUT2D eigenvalue weighted by Gasteiger charge is -2.35. The van der Waals surface area contributed by atoms with Crippen LogP contribution in [-0.2, 0) is 9.59 Å². The van der Waals surface area contributed by atoms with Crippen LogP contribution in [0.5, 0.6) is 0 Å². The van der Waals surface area contributed by atoms with Crippen molar-refractivity contribution in [3.05, 3.63) is 0 Å². The molecule has 3 N–H and O–H groups in total. The highest BCUT2D eigenvalue weighted by Gasteiger charge is 2.28. The minimum atomic E-state index is -0.109. The quantitative estimate of drug-likeness (QED) is 0.432. The van der Waals surface area contributed by atoms with E-state index in [-0.39, 0.29) is 17.7 Å². The number of nitrogens with one attached hydrogen (secondary N) is 1. The Morgan fingerprint density at radius 1 is 1.20 bits per heavy atom. The van der Waals surface area contributed by atoms with Gasteiger partial charge in [-0.05, 0) is 38.1 Å². The maximum atomic E-state index is 12.3. The standard InChI is InChI=1S/C14H26N4O2/c1-11-3-2-6-17(9-11)10-13(19)18-7-4-12(5-8-18)14(20)16-15/h11-12H,2-10,15H2,1H3,(H,16,20). The molecule has 6 heteroatoms. The van der Waals surface area contributed by atoms with Gasteiger partial charge in [-0.2, -0.15) is 0 Å². The van der Waals surface area contributed by atoms with E-state index in [0.29, 0.717) is 38.4 Å². The van der Waals surface area contributed by atoms with E-state index in [4.69, 9.17) is 5.84 Å². The van der Waals surface area contributed by atoms with Crippen LogP contribution in [0.4, 0.5) is 0 Å². The molecule has 20 heavy (non-hydrogen) atoms. The van der Waals surface area contributed by atoms with Gasteiger partial charge in [0, 0.05) is 25.6 Å². The summed E-state index contributed by atoms with van der Waals surface area (Å²) in [5, 5.41) is 0. The van der Waals surface area contributed by atoms with Gasteiger partial charge in [0.1, 0.15) is 0 Å². The normalized spacial score (nSPS) is 25.5. The van der Waals surface area contributed by atoms with Gasteiger partial charge in [0.15, 0.2) is 0 Å². The SMILES string of the molecule is CC1CCCN(CC(=O)N2CCC(C(=O)NN)CC2)C1. The van der Waals surface area contributed by atoms with E-state index < -0.39 is 0 Å². The Kier molecular flexibility index (Phi) is 5.37. The summed E-state index contributed by atoms with van der Waals surface area (Å²) < 4.78 is 0. The molecule has 6 nitrogen and oxygen atoms in total. The third kappa shape index (κ3) is 3.93. The Hall–Kier alpha value is -1.14. The predicted octanol–water partition coefficient (Wildman–Crippen LogP) is -0.0532. The molecule has 0 aromatic rings. The first-order valence-corrected chi connectivity index (χ1v) is 7.60. The number of nitrogens with two attached hydrogens (primary N) is 1. The number of hydrogen-bond acceptors (Lipinski definition) is 4. The largest absolute Gasteiger partial charge is 0.342 e. The van der Waals surface area contributed by atoms with Crippen LogP contribution >= 0.6 is 0 Å². The zero-order chi connectivity index (χ0) is 14.5. The maximum absolute atomic E-state index is 12.3. The summed E-state index contributed by atoms with van der Waals surface area (Å²) in [6.07, 6.45) is 3.88. The highest BCUT2D eigenvalue weighted by atomic mass is 16.2. The number of likely N-dealkylation sites (tertiary alicyclic amines) is 2. The second kappa shape index (κ2) is 7.04. The highest BCUT2D eigenvalue weighted by Crippen LogP contribution is 2.19. The molecule has 0 aromatic carbocycles. The minimum Gasteiger partial charge on any atom is -0.342 e. The number of piperidine rings is 2. The molecule has 0 aliphatic carbocycles. The summed E-state index contributed by atoms with van der Waals surface area (Å²) in [5.41, 5.74) is 2.20. The predicted molar refractivity (Wildman–Crippen MR) is 76.5 cm³/mol. The lowest BCUT2D eigenvalue weighted by atomic mass is 9.96. The molecule has 0 bridgehead atoms. The number of hydrogen-bond donors (Lipinski definition) is 2. The van der Waals surface area contributed by atoms with Crippen LogP contribution in [0.3, 0.4) is 0 Å². The van der Waals surface area contributed by atoms with Crippen molar-refractivity contribution in [2.75, 3.05) is 32.7 Å². The van der Waals surface area contributed by atoms with Crippen molar-refractivity contribution in [3.8, 4) is 0 Å². The van der Waals surface area contributed by atoms with E-state index in [1.807, 2.05) is 4.90 Å². The smallest absolute Gasteiger partial charge is 0.237 e. The summed E-state index contributed by atoms with van der Waals surface area (Å²) in [6.45, 7) is 6.16. The molecule has 0 aromatic heterocycles. The van der Waals surface area contributed by atoms with Crippen molar-refractivity contribution in [2.24, 2.45) is 17.7 Å². The van der Waals surface area contributed by atoms with E-state index in [1.54, 1.807) is 0 Å². The summed E-state index contributed by atoms with van der Waals surface area (Å²) in [4.78, 5) is 27.9. The fraction of sp³-hybridized carbons (Fsp3) is 0.857. The average Bonchev–Trinajstić information content (AvgIpc) is 2.46. The van der Waals surface area contributed by atoms with Gasteiger partial charge >= 0.3 is 0 Å². The molecule has 2 heterocycles. The van der Waals surface area contributed by atoms with E-state index in [1.165, 1.54) is 12.8 Å².